The molecule has 0 unspecified atom stereocenters. The van der Waals surface area contributed by atoms with E-state index in [1.165, 1.54) is 12.1 Å². The zero-order valence-corrected chi connectivity index (χ0v) is 7.14. The predicted octanol–water partition coefficient (Wildman–Crippen LogP) is 2.61. The minimum atomic E-state index is -0.304. The van der Waals surface area contributed by atoms with Crippen molar-refractivity contribution in [1.29, 1.82) is 0 Å². The van der Waals surface area contributed by atoms with Crippen molar-refractivity contribution in [1.82, 2.24) is 0 Å². The third kappa shape index (κ3) is 2.31. The van der Waals surface area contributed by atoms with Crippen molar-refractivity contribution in [3.05, 3.63) is 34.6 Å². The molecule has 0 aliphatic carbocycles. The van der Waals surface area contributed by atoms with E-state index in [-0.39, 0.29) is 5.82 Å². The molecule has 1 aromatic rings. The van der Waals surface area contributed by atoms with Gasteiger partial charge in [0.1, 0.15) is 12.1 Å². The van der Waals surface area contributed by atoms with Crippen LogP contribution in [0.1, 0.15) is 12.0 Å². The van der Waals surface area contributed by atoms with Crippen LogP contribution in [0.25, 0.3) is 0 Å². The van der Waals surface area contributed by atoms with E-state index in [4.69, 9.17) is 11.6 Å². The maximum atomic E-state index is 12.9. The molecule has 0 bridgehead atoms. The molecule has 0 fully saturated rings. The lowest BCUT2D eigenvalue weighted by atomic mass is 10.1. The van der Waals surface area contributed by atoms with Gasteiger partial charge in [-0.3, -0.25) is 0 Å². The van der Waals surface area contributed by atoms with Crippen molar-refractivity contribution in [2.24, 2.45) is 0 Å². The molecule has 0 aliphatic rings. The molecule has 0 aliphatic heterocycles. The second kappa shape index (κ2) is 4.21. The molecule has 0 N–H and O–H groups in total. The summed E-state index contributed by atoms with van der Waals surface area (Å²) in [4.78, 5) is 10.0. The highest BCUT2D eigenvalue weighted by Crippen LogP contribution is 2.15. The van der Waals surface area contributed by atoms with E-state index < -0.39 is 0 Å². The third-order valence-electron chi connectivity index (χ3n) is 1.54. The molecule has 0 radical (unpaired) electrons. The van der Waals surface area contributed by atoms with E-state index in [0.29, 0.717) is 23.4 Å². The number of hydrogen-bond acceptors (Lipinski definition) is 1. The Morgan fingerprint density at radius 2 is 2.25 bits per heavy atom. The number of carbonyl (C=O) groups is 1. The number of aldehydes is 1. The molecule has 1 aromatic carbocycles. The van der Waals surface area contributed by atoms with Crippen LogP contribution in [0.4, 0.5) is 4.39 Å². The number of hydrogen-bond donors (Lipinski definition) is 0. The standard InChI is InChI=1S/C9H8ClFO/c10-8-3-4-9(11)7(6-8)2-1-5-12/h3-6H,1-2H2. The van der Waals surface area contributed by atoms with Gasteiger partial charge in [-0.25, -0.2) is 4.39 Å². The Kier molecular flexibility index (Phi) is 3.23. The second-order valence-corrected chi connectivity index (χ2v) is 2.88. The van der Waals surface area contributed by atoms with E-state index in [1.807, 2.05) is 0 Å². The van der Waals surface area contributed by atoms with Crippen LogP contribution in [0.15, 0.2) is 18.2 Å². The monoisotopic (exact) mass is 186 g/mol. The number of aryl methyl sites for hydroxylation is 1. The molecule has 3 heteroatoms. The van der Waals surface area contributed by atoms with Crippen molar-refractivity contribution in [3.8, 4) is 0 Å². The van der Waals surface area contributed by atoms with Gasteiger partial charge in [-0.1, -0.05) is 11.6 Å². The summed E-state index contributed by atoms with van der Waals surface area (Å²) in [5.74, 6) is -0.304. The van der Waals surface area contributed by atoms with E-state index in [1.54, 1.807) is 6.07 Å². The summed E-state index contributed by atoms with van der Waals surface area (Å²) in [6, 6.07) is 4.34. The van der Waals surface area contributed by atoms with Crippen LogP contribution in [0.3, 0.4) is 0 Å². The van der Waals surface area contributed by atoms with Gasteiger partial charge in [0.25, 0.3) is 0 Å². The Morgan fingerprint density at radius 3 is 2.92 bits per heavy atom. The van der Waals surface area contributed by atoms with Crippen LogP contribution >= 0.6 is 11.6 Å². The molecule has 1 rings (SSSR count). The first kappa shape index (κ1) is 9.20. The largest absolute Gasteiger partial charge is 0.303 e. The van der Waals surface area contributed by atoms with Crippen LogP contribution in [-0.4, -0.2) is 6.29 Å². The highest BCUT2D eigenvalue weighted by Gasteiger charge is 2.01. The Morgan fingerprint density at radius 1 is 1.50 bits per heavy atom. The molecule has 0 saturated carbocycles. The first-order chi connectivity index (χ1) is 5.74. The molecule has 0 heterocycles. The summed E-state index contributed by atoms with van der Waals surface area (Å²) in [5, 5.41) is 0.497. The smallest absolute Gasteiger partial charge is 0.126 e. The van der Waals surface area contributed by atoms with Crippen molar-refractivity contribution in [2.45, 2.75) is 12.8 Å². The number of rotatable bonds is 3. The average Bonchev–Trinajstić information content (AvgIpc) is 2.07. The normalized spacial score (nSPS) is 9.83. The number of benzene rings is 1. The SMILES string of the molecule is O=CCCc1cc(Cl)ccc1F. The molecule has 64 valence electrons. The zero-order chi connectivity index (χ0) is 8.97. The highest BCUT2D eigenvalue weighted by molar-refractivity contribution is 6.30. The minimum Gasteiger partial charge on any atom is -0.303 e. The van der Waals surface area contributed by atoms with Gasteiger partial charge in [-0.05, 0) is 30.2 Å². The van der Waals surface area contributed by atoms with Crippen LogP contribution < -0.4 is 0 Å². The third-order valence-corrected chi connectivity index (χ3v) is 1.77. The first-order valence-corrected chi connectivity index (χ1v) is 3.99. The van der Waals surface area contributed by atoms with E-state index >= 15 is 0 Å². The van der Waals surface area contributed by atoms with Crippen molar-refractivity contribution in [2.75, 3.05) is 0 Å². The van der Waals surface area contributed by atoms with Gasteiger partial charge in [0, 0.05) is 11.4 Å². The maximum Gasteiger partial charge on any atom is 0.126 e. The molecule has 0 aromatic heterocycles. The quantitative estimate of drug-likeness (QED) is 0.664. The number of carbonyl (C=O) groups excluding carboxylic acids is 1. The van der Waals surface area contributed by atoms with Gasteiger partial charge in [0.05, 0.1) is 0 Å². The fraction of sp³-hybridized carbons (Fsp3) is 0.222. The number of halogens is 2. The van der Waals surface area contributed by atoms with Gasteiger partial charge in [0.15, 0.2) is 0 Å². The van der Waals surface area contributed by atoms with Gasteiger partial charge in [-0.15, -0.1) is 0 Å². The Balaban J connectivity index is 2.82. The van der Waals surface area contributed by atoms with Crippen LogP contribution in [0.2, 0.25) is 5.02 Å². The van der Waals surface area contributed by atoms with Crippen molar-refractivity contribution in [3.63, 3.8) is 0 Å². The molecular formula is C9H8ClFO. The van der Waals surface area contributed by atoms with Gasteiger partial charge in [0.2, 0.25) is 0 Å². The maximum absolute atomic E-state index is 12.9. The molecule has 0 spiro atoms. The van der Waals surface area contributed by atoms with Gasteiger partial charge < -0.3 is 4.79 Å². The highest BCUT2D eigenvalue weighted by atomic mass is 35.5. The van der Waals surface area contributed by atoms with Gasteiger partial charge >= 0.3 is 0 Å². The minimum absolute atomic E-state index is 0.304. The van der Waals surface area contributed by atoms with Crippen LogP contribution in [0, 0.1) is 5.82 Å². The Hall–Kier alpha value is -0.890. The van der Waals surface area contributed by atoms with Crippen molar-refractivity contribution < 1.29 is 9.18 Å². The molecule has 0 atom stereocenters. The van der Waals surface area contributed by atoms with Crippen molar-refractivity contribution >= 4 is 17.9 Å². The fourth-order valence-corrected chi connectivity index (χ4v) is 1.14. The summed E-state index contributed by atoms with van der Waals surface area (Å²) in [6.45, 7) is 0. The summed E-state index contributed by atoms with van der Waals surface area (Å²) in [6.07, 6.45) is 1.51. The predicted molar refractivity (Wildman–Crippen MR) is 45.8 cm³/mol. The van der Waals surface area contributed by atoms with Crippen LogP contribution in [-0.2, 0) is 11.2 Å². The van der Waals surface area contributed by atoms with Gasteiger partial charge in [-0.2, -0.15) is 0 Å². The summed E-state index contributed by atoms with van der Waals surface area (Å²) in [5.41, 5.74) is 0.495. The first-order valence-electron chi connectivity index (χ1n) is 3.61. The molecule has 12 heavy (non-hydrogen) atoms. The summed E-state index contributed by atoms with van der Waals surface area (Å²) in [7, 11) is 0. The zero-order valence-electron chi connectivity index (χ0n) is 6.39. The average molecular weight is 187 g/mol. The molecule has 1 nitrogen and oxygen atoms in total. The van der Waals surface area contributed by atoms with E-state index in [2.05, 4.69) is 0 Å². The molecule has 0 amide bonds. The Labute approximate surface area is 75.2 Å². The molecular weight excluding hydrogens is 179 g/mol. The molecule has 0 saturated heterocycles. The second-order valence-electron chi connectivity index (χ2n) is 2.44. The van der Waals surface area contributed by atoms with E-state index in [0.717, 1.165) is 6.29 Å². The summed E-state index contributed by atoms with van der Waals surface area (Å²) >= 11 is 5.64. The van der Waals surface area contributed by atoms with Crippen LogP contribution in [0.5, 0.6) is 0 Å². The fourth-order valence-electron chi connectivity index (χ4n) is 0.949. The lowest BCUT2D eigenvalue weighted by Crippen LogP contribution is -1.90. The Bertz CT molecular complexity index is 286. The lowest BCUT2D eigenvalue weighted by Gasteiger charge is -1.99. The lowest BCUT2D eigenvalue weighted by molar-refractivity contribution is -0.107. The van der Waals surface area contributed by atoms with E-state index in [9.17, 15) is 9.18 Å². The summed E-state index contributed by atoms with van der Waals surface area (Å²) < 4.78 is 12.9. The topological polar surface area (TPSA) is 17.1 Å².